The molecule has 0 spiro atoms. The van der Waals surface area contributed by atoms with Gasteiger partial charge in [-0.05, 0) is 6.92 Å². The number of methoxy groups -OCH3 is 2. The highest BCUT2D eigenvalue weighted by atomic mass is 16.5. The molecule has 0 radical (unpaired) electrons. The Morgan fingerprint density at radius 3 is 2.67 bits per heavy atom. The Kier molecular flexibility index (Phi) is 2.38. The fourth-order valence-corrected chi connectivity index (χ4v) is 0.930. The molecule has 0 aromatic carbocycles. The lowest BCUT2D eigenvalue weighted by molar-refractivity contribution is 0.0595. The maximum atomic E-state index is 11.1. The number of rotatable bonds is 2. The Morgan fingerprint density at radius 2 is 2.17 bits per heavy atom. The number of aryl methyl sites for hydroxylation is 1. The number of furan rings is 1. The maximum absolute atomic E-state index is 11.1. The number of ether oxygens (including phenoxy) is 2. The molecule has 4 heteroatoms. The lowest BCUT2D eigenvalue weighted by Gasteiger charge is -1.99. The van der Waals surface area contributed by atoms with Gasteiger partial charge in [-0.2, -0.15) is 0 Å². The molecule has 12 heavy (non-hydrogen) atoms. The van der Waals surface area contributed by atoms with Crippen molar-refractivity contribution in [3.05, 3.63) is 17.6 Å². The number of hydrogen-bond donors (Lipinski definition) is 0. The number of carbonyl (C=O) groups excluding carboxylic acids is 1. The summed E-state index contributed by atoms with van der Waals surface area (Å²) in [5, 5.41) is 0. The number of esters is 1. The van der Waals surface area contributed by atoms with Crippen molar-refractivity contribution in [2.75, 3.05) is 14.2 Å². The van der Waals surface area contributed by atoms with Gasteiger partial charge in [0.2, 0.25) is 0 Å². The van der Waals surface area contributed by atoms with E-state index in [0.717, 1.165) is 0 Å². The molecule has 0 N–H and O–H groups in total. The highest BCUT2D eigenvalue weighted by Crippen LogP contribution is 2.24. The first-order chi connectivity index (χ1) is 5.70. The first-order valence-corrected chi connectivity index (χ1v) is 3.41. The molecule has 0 aliphatic rings. The van der Waals surface area contributed by atoms with Crippen molar-refractivity contribution >= 4 is 5.97 Å². The van der Waals surface area contributed by atoms with E-state index in [-0.39, 0.29) is 0 Å². The van der Waals surface area contributed by atoms with Gasteiger partial charge in [0, 0.05) is 0 Å². The van der Waals surface area contributed by atoms with Crippen molar-refractivity contribution in [3.8, 4) is 5.75 Å². The van der Waals surface area contributed by atoms with E-state index in [4.69, 9.17) is 9.15 Å². The minimum Gasteiger partial charge on any atom is -0.492 e. The van der Waals surface area contributed by atoms with Gasteiger partial charge in [-0.25, -0.2) is 4.79 Å². The third-order valence-corrected chi connectivity index (χ3v) is 1.55. The predicted octanol–water partition coefficient (Wildman–Crippen LogP) is 1.38. The van der Waals surface area contributed by atoms with Gasteiger partial charge < -0.3 is 13.9 Å². The monoisotopic (exact) mass is 170 g/mol. The summed E-state index contributed by atoms with van der Waals surface area (Å²) in [4.78, 5) is 11.1. The van der Waals surface area contributed by atoms with Crippen LogP contribution in [0.4, 0.5) is 0 Å². The summed E-state index contributed by atoms with van der Waals surface area (Å²) in [5.74, 6) is 0.455. The van der Waals surface area contributed by atoms with Crippen LogP contribution >= 0.6 is 0 Å². The second-order valence-corrected chi connectivity index (χ2v) is 2.23. The molecule has 1 aromatic rings. The normalized spacial score (nSPS) is 9.58. The molecule has 1 aromatic heterocycles. The van der Waals surface area contributed by atoms with Crippen LogP contribution in [-0.2, 0) is 4.74 Å². The van der Waals surface area contributed by atoms with Crippen LogP contribution < -0.4 is 4.74 Å². The smallest absolute Gasteiger partial charge is 0.345 e. The zero-order chi connectivity index (χ0) is 9.14. The average Bonchev–Trinajstić information content (AvgIpc) is 2.45. The van der Waals surface area contributed by atoms with E-state index in [1.54, 1.807) is 6.92 Å². The van der Waals surface area contributed by atoms with Crippen molar-refractivity contribution in [1.82, 2.24) is 0 Å². The van der Waals surface area contributed by atoms with Crippen LogP contribution in [-0.4, -0.2) is 20.2 Å². The van der Waals surface area contributed by atoms with Crippen molar-refractivity contribution in [3.63, 3.8) is 0 Å². The van der Waals surface area contributed by atoms with Crippen LogP contribution in [0.5, 0.6) is 5.75 Å². The lowest BCUT2D eigenvalue weighted by atomic mass is 10.2. The molecule has 0 aliphatic heterocycles. The van der Waals surface area contributed by atoms with Crippen LogP contribution in [0, 0.1) is 6.92 Å². The first-order valence-electron chi connectivity index (χ1n) is 3.41. The highest BCUT2D eigenvalue weighted by Gasteiger charge is 2.19. The van der Waals surface area contributed by atoms with Gasteiger partial charge in [0.15, 0.2) is 5.75 Å². The van der Waals surface area contributed by atoms with Gasteiger partial charge in [0.1, 0.15) is 17.6 Å². The lowest BCUT2D eigenvalue weighted by Crippen LogP contribution is -2.03. The van der Waals surface area contributed by atoms with E-state index in [1.165, 1.54) is 20.5 Å². The minimum absolute atomic E-state index is 0.347. The summed E-state index contributed by atoms with van der Waals surface area (Å²) in [6.45, 7) is 1.68. The van der Waals surface area contributed by atoms with Crippen molar-refractivity contribution < 1.29 is 18.7 Å². The molecule has 0 unspecified atom stereocenters. The van der Waals surface area contributed by atoms with E-state index >= 15 is 0 Å². The minimum atomic E-state index is -0.446. The van der Waals surface area contributed by atoms with E-state index in [1.807, 2.05) is 0 Å². The molecule has 0 fully saturated rings. The zero-order valence-electron chi connectivity index (χ0n) is 7.21. The van der Waals surface area contributed by atoms with E-state index in [0.29, 0.717) is 17.1 Å². The SMILES string of the molecule is COC(=O)c1c(OC)coc1C. The standard InChI is InChI=1S/C8H10O4/c1-5-7(8(9)11-3)6(10-2)4-12-5/h4H,1-3H3. The van der Waals surface area contributed by atoms with Crippen molar-refractivity contribution in [2.45, 2.75) is 6.92 Å². The molecule has 0 atom stereocenters. The van der Waals surface area contributed by atoms with Gasteiger partial charge >= 0.3 is 5.97 Å². The molecular weight excluding hydrogens is 160 g/mol. The van der Waals surface area contributed by atoms with Gasteiger partial charge in [0.05, 0.1) is 14.2 Å². The van der Waals surface area contributed by atoms with Crippen LogP contribution in [0.25, 0.3) is 0 Å². The van der Waals surface area contributed by atoms with Crippen LogP contribution in [0.2, 0.25) is 0 Å². The topological polar surface area (TPSA) is 48.7 Å². The summed E-state index contributed by atoms with van der Waals surface area (Å²) in [6, 6.07) is 0. The molecule has 0 saturated heterocycles. The first kappa shape index (κ1) is 8.64. The molecule has 1 rings (SSSR count). The second kappa shape index (κ2) is 3.30. The Labute approximate surface area is 70.1 Å². The summed E-state index contributed by atoms with van der Waals surface area (Å²) in [7, 11) is 2.78. The van der Waals surface area contributed by atoms with Crippen LogP contribution in [0.3, 0.4) is 0 Å². The fraction of sp³-hybridized carbons (Fsp3) is 0.375. The molecule has 0 amide bonds. The Hall–Kier alpha value is -1.45. The maximum Gasteiger partial charge on any atom is 0.345 e. The molecule has 1 heterocycles. The van der Waals surface area contributed by atoms with Gasteiger partial charge in [-0.3, -0.25) is 0 Å². The Balaban J connectivity index is 3.10. The fourth-order valence-electron chi connectivity index (χ4n) is 0.930. The van der Waals surface area contributed by atoms with Gasteiger partial charge in [-0.15, -0.1) is 0 Å². The summed E-state index contributed by atoms with van der Waals surface area (Å²) < 4.78 is 14.4. The third-order valence-electron chi connectivity index (χ3n) is 1.55. The Bertz CT molecular complexity index is 287. The Morgan fingerprint density at radius 1 is 1.50 bits per heavy atom. The summed E-state index contributed by atoms with van der Waals surface area (Å²) in [6.07, 6.45) is 1.38. The largest absolute Gasteiger partial charge is 0.492 e. The molecule has 0 bridgehead atoms. The van der Waals surface area contributed by atoms with E-state index in [2.05, 4.69) is 4.74 Å². The quantitative estimate of drug-likeness (QED) is 0.629. The molecule has 0 saturated carbocycles. The van der Waals surface area contributed by atoms with Gasteiger partial charge in [0.25, 0.3) is 0 Å². The summed E-state index contributed by atoms with van der Waals surface area (Å²) in [5.41, 5.74) is 0.347. The van der Waals surface area contributed by atoms with E-state index in [9.17, 15) is 4.79 Å². The zero-order valence-corrected chi connectivity index (χ0v) is 7.21. The summed E-state index contributed by atoms with van der Waals surface area (Å²) >= 11 is 0. The average molecular weight is 170 g/mol. The van der Waals surface area contributed by atoms with Crippen LogP contribution in [0.15, 0.2) is 10.7 Å². The van der Waals surface area contributed by atoms with Gasteiger partial charge in [-0.1, -0.05) is 0 Å². The second-order valence-electron chi connectivity index (χ2n) is 2.23. The molecule has 66 valence electrons. The molecule has 0 aliphatic carbocycles. The molecule has 4 nitrogen and oxygen atoms in total. The highest BCUT2D eigenvalue weighted by molar-refractivity contribution is 5.93. The van der Waals surface area contributed by atoms with E-state index < -0.39 is 5.97 Å². The number of hydrogen-bond acceptors (Lipinski definition) is 4. The van der Waals surface area contributed by atoms with Crippen molar-refractivity contribution in [2.24, 2.45) is 0 Å². The van der Waals surface area contributed by atoms with Crippen molar-refractivity contribution in [1.29, 1.82) is 0 Å². The predicted molar refractivity (Wildman–Crippen MR) is 41.3 cm³/mol. The third kappa shape index (κ3) is 1.28. The number of carbonyl (C=O) groups is 1. The molecular formula is C8H10O4. The van der Waals surface area contributed by atoms with Crippen LogP contribution in [0.1, 0.15) is 16.1 Å².